The fourth-order valence-electron chi connectivity index (χ4n) is 2.82. The molecule has 1 saturated carbocycles. The van der Waals surface area contributed by atoms with Gasteiger partial charge in [-0.1, -0.05) is 12.1 Å². The molecule has 0 bridgehead atoms. The van der Waals surface area contributed by atoms with Crippen LogP contribution in [0.15, 0.2) is 36.4 Å². The molecule has 2 aromatic carbocycles. The zero-order valence-corrected chi connectivity index (χ0v) is 15.5. The van der Waals surface area contributed by atoms with Crippen molar-refractivity contribution in [3.8, 4) is 11.5 Å². The second-order valence-electron chi connectivity index (χ2n) is 6.62. The molecule has 0 radical (unpaired) electrons. The Kier molecular flexibility index (Phi) is 5.96. The average Bonchev–Trinajstić information content (AvgIpc) is 3.48. The fraction of sp³-hybridized carbons (Fsp3) is 0.350. The Balaban J connectivity index is 1.74. The Labute approximate surface area is 161 Å². The number of nitrogens with one attached hydrogen (secondary N) is 1. The van der Waals surface area contributed by atoms with E-state index in [-0.39, 0.29) is 30.1 Å². The van der Waals surface area contributed by atoms with Crippen LogP contribution in [-0.2, 0) is 6.54 Å². The van der Waals surface area contributed by atoms with E-state index in [4.69, 9.17) is 4.74 Å². The summed E-state index contributed by atoms with van der Waals surface area (Å²) < 4.78 is 48.2. The van der Waals surface area contributed by atoms with Crippen molar-refractivity contribution >= 4 is 11.7 Å². The highest BCUT2D eigenvalue weighted by molar-refractivity contribution is 5.89. The van der Waals surface area contributed by atoms with E-state index in [0.717, 1.165) is 12.8 Å². The number of hydrogen-bond donors (Lipinski definition) is 1. The van der Waals surface area contributed by atoms with Crippen LogP contribution in [0.4, 0.5) is 23.7 Å². The minimum absolute atomic E-state index is 0.0706. The van der Waals surface area contributed by atoms with Crippen molar-refractivity contribution < 1.29 is 27.4 Å². The number of rotatable bonds is 7. The number of methoxy groups -OCH3 is 1. The number of amides is 2. The van der Waals surface area contributed by atoms with Gasteiger partial charge in [-0.3, -0.25) is 0 Å². The summed E-state index contributed by atoms with van der Waals surface area (Å²) in [7, 11) is 1.36. The van der Waals surface area contributed by atoms with Gasteiger partial charge in [0, 0.05) is 18.3 Å². The molecule has 0 atom stereocenters. The zero-order chi connectivity index (χ0) is 20.3. The number of carbonyl (C=O) groups is 1. The first-order valence-corrected chi connectivity index (χ1v) is 8.83. The minimum atomic E-state index is -2.96. The SMILES string of the molecule is COc1cc(CN(C(=O)Nc2ccc(C)c(F)c2)C2CC2)ccc1OC(F)F. The number of ether oxygens (including phenoxy) is 2. The largest absolute Gasteiger partial charge is 0.493 e. The fourth-order valence-corrected chi connectivity index (χ4v) is 2.82. The number of urea groups is 1. The van der Waals surface area contributed by atoms with Crippen molar-refractivity contribution in [3.05, 3.63) is 53.3 Å². The van der Waals surface area contributed by atoms with Crippen molar-refractivity contribution in [3.63, 3.8) is 0 Å². The van der Waals surface area contributed by atoms with Crippen LogP contribution in [0.1, 0.15) is 24.0 Å². The minimum Gasteiger partial charge on any atom is -0.493 e. The van der Waals surface area contributed by atoms with Gasteiger partial charge in [0.2, 0.25) is 0 Å². The van der Waals surface area contributed by atoms with Crippen LogP contribution in [0.5, 0.6) is 11.5 Å². The number of hydrogen-bond acceptors (Lipinski definition) is 3. The summed E-state index contributed by atoms with van der Waals surface area (Å²) >= 11 is 0. The zero-order valence-electron chi connectivity index (χ0n) is 15.5. The summed E-state index contributed by atoms with van der Waals surface area (Å²) in [6.45, 7) is -1.05. The molecule has 2 amide bonds. The van der Waals surface area contributed by atoms with E-state index in [1.54, 1.807) is 36.1 Å². The third-order valence-electron chi connectivity index (χ3n) is 4.47. The molecule has 0 aliphatic heterocycles. The number of anilines is 1. The van der Waals surface area contributed by atoms with Crippen molar-refractivity contribution in [2.75, 3.05) is 12.4 Å². The standard InChI is InChI=1S/C20H21F3N2O3/c1-12-3-5-14(10-16(12)21)24-20(26)25(15-6-7-15)11-13-4-8-17(28-19(22)23)18(9-13)27-2/h3-5,8-10,15,19H,6-7,11H2,1-2H3,(H,24,26). The molecule has 8 heteroatoms. The normalized spacial score (nSPS) is 13.4. The predicted molar refractivity (Wildman–Crippen MR) is 98.3 cm³/mol. The van der Waals surface area contributed by atoms with Crippen molar-refractivity contribution in [1.82, 2.24) is 4.90 Å². The highest BCUT2D eigenvalue weighted by Crippen LogP contribution is 2.33. The van der Waals surface area contributed by atoms with Gasteiger partial charge in [-0.15, -0.1) is 0 Å². The maximum atomic E-state index is 13.7. The number of aryl methyl sites for hydroxylation is 1. The monoisotopic (exact) mass is 394 g/mol. The second-order valence-corrected chi connectivity index (χ2v) is 6.62. The molecule has 3 rings (SSSR count). The Hall–Kier alpha value is -2.90. The number of halogens is 3. The van der Waals surface area contributed by atoms with Gasteiger partial charge in [-0.2, -0.15) is 8.78 Å². The highest BCUT2D eigenvalue weighted by Gasteiger charge is 2.33. The van der Waals surface area contributed by atoms with Gasteiger partial charge in [-0.25, -0.2) is 9.18 Å². The van der Waals surface area contributed by atoms with Crippen LogP contribution < -0.4 is 14.8 Å². The van der Waals surface area contributed by atoms with Crippen LogP contribution in [0.3, 0.4) is 0 Å². The molecule has 2 aromatic rings. The summed E-state index contributed by atoms with van der Waals surface area (Å²) in [5, 5.41) is 2.71. The first-order chi connectivity index (χ1) is 13.4. The van der Waals surface area contributed by atoms with E-state index in [2.05, 4.69) is 10.1 Å². The predicted octanol–water partition coefficient (Wildman–Crippen LogP) is 4.94. The maximum absolute atomic E-state index is 13.7. The molecule has 1 aliphatic rings. The number of alkyl halides is 2. The average molecular weight is 394 g/mol. The Morgan fingerprint density at radius 1 is 1.21 bits per heavy atom. The first kappa shape index (κ1) is 19.9. The lowest BCUT2D eigenvalue weighted by atomic mass is 10.2. The summed E-state index contributed by atoms with van der Waals surface area (Å²) in [6.07, 6.45) is 1.75. The Morgan fingerprint density at radius 2 is 1.96 bits per heavy atom. The van der Waals surface area contributed by atoms with E-state index in [9.17, 15) is 18.0 Å². The molecule has 1 aliphatic carbocycles. The van der Waals surface area contributed by atoms with Crippen LogP contribution in [0.25, 0.3) is 0 Å². The lowest BCUT2D eigenvalue weighted by molar-refractivity contribution is -0.0512. The van der Waals surface area contributed by atoms with Crippen molar-refractivity contribution in [2.24, 2.45) is 0 Å². The number of carbonyl (C=O) groups excluding carboxylic acids is 1. The van der Waals surface area contributed by atoms with Crippen LogP contribution in [0, 0.1) is 12.7 Å². The van der Waals surface area contributed by atoms with E-state index >= 15 is 0 Å². The quantitative estimate of drug-likeness (QED) is 0.724. The molecular formula is C20H21F3N2O3. The molecule has 0 saturated heterocycles. The van der Waals surface area contributed by atoms with Gasteiger partial charge >= 0.3 is 12.6 Å². The van der Waals surface area contributed by atoms with Crippen molar-refractivity contribution in [2.45, 2.75) is 39.0 Å². The Bertz CT molecular complexity index is 857. The molecule has 150 valence electrons. The van der Waals surface area contributed by atoms with Crippen LogP contribution in [-0.4, -0.2) is 30.7 Å². The van der Waals surface area contributed by atoms with Crippen LogP contribution >= 0.6 is 0 Å². The molecule has 28 heavy (non-hydrogen) atoms. The van der Waals surface area contributed by atoms with Gasteiger partial charge in [0.25, 0.3) is 0 Å². The van der Waals surface area contributed by atoms with Gasteiger partial charge in [-0.05, 0) is 55.2 Å². The second kappa shape index (κ2) is 8.41. The van der Waals surface area contributed by atoms with E-state index < -0.39 is 12.4 Å². The first-order valence-electron chi connectivity index (χ1n) is 8.83. The highest BCUT2D eigenvalue weighted by atomic mass is 19.3. The number of nitrogens with zero attached hydrogens (tertiary/aromatic N) is 1. The van der Waals surface area contributed by atoms with Gasteiger partial charge in [0.05, 0.1) is 7.11 Å². The molecule has 0 unspecified atom stereocenters. The topological polar surface area (TPSA) is 50.8 Å². The molecule has 0 spiro atoms. The molecule has 1 fully saturated rings. The lowest BCUT2D eigenvalue weighted by Gasteiger charge is -2.23. The van der Waals surface area contributed by atoms with Crippen LogP contribution in [0.2, 0.25) is 0 Å². The van der Waals surface area contributed by atoms with Crippen molar-refractivity contribution in [1.29, 1.82) is 0 Å². The third-order valence-corrected chi connectivity index (χ3v) is 4.47. The van der Waals surface area contributed by atoms with Gasteiger partial charge in [0.15, 0.2) is 11.5 Å². The van der Waals surface area contributed by atoms with Gasteiger partial charge in [0.1, 0.15) is 5.82 Å². The molecule has 5 nitrogen and oxygen atoms in total. The van der Waals surface area contributed by atoms with E-state index in [0.29, 0.717) is 16.8 Å². The summed E-state index contributed by atoms with van der Waals surface area (Å²) in [5.41, 5.74) is 1.57. The molecule has 0 aromatic heterocycles. The Morgan fingerprint density at radius 3 is 2.57 bits per heavy atom. The molecular weight excluding hydrogens is 373 g/mol. The smallest absolute Gasteiger partial charge is 0.387 e. The number of benzene rings is 2. The lowest BCUT2D eigenvalue weighted by Crippen LogP contribution is -2.36. The third kappa shape index (κ3) is 4.88. The maximum Gasteiger partial charge on any atom is 0.387 e. The van der Waals surface area contributed by atoms with E-state index in [1.807, 2.05) is 0 Å². The summed E-state index contributed by atoms with van der Waals surface area (Å²) in [6, 6.07) is 8.80. The molecule has 1 N–H and O–H groups in total. The summed E-state index contributed by atoms with van der Waals surface area (Å²) in [4.78, 5) is 14.3. The van der Waals surface area contributed by atoms with Gasteiger partial charge < -0.3 is 19.7 Å². The molecule has 0 heterocycles. The van der Waals surface area contributed by atoms with E-state index in [1.165, 1.54) is 19.2 Å². The summed E-state index contributed by atoms with van der Waals surface area (Å²) in [5.74, 6) is -0.302.